The van der Waals surface area contributed by atoms with Crippen molar-refractivity contribution in [2.24, 2.45) is 5.92 Å². The van der Waals surface area contributed by atoms with Crippen LogP contribution in [0.5, 0.6) is 11.5 Å². The fourth-order valence-corrected chi connectivity index (χ4v) is 4.01. The molecule has 0 atom stereocenters. The lowest BCUT2D eigenvalue weighted by molar-refractivity contribution is 0.0746. The Hall–Kier alpha value is -4.00. The molecule has 1 saturated heterocycles. The molecule has 1 heterocycles. The van der Waals surface area contributed by atoms with Crippen LogP contribution in [-0.4, -0.2) is 56.6 Å². The van der Waals surface area contributed by atoms with Crippen molar-refractivity contribution in [2.45, 2.75) is 13.8 Å². The van der Waals surface area contributed by atoms with Crippen LogP contribution in [0.3, 0.4) is 0 Å². The normalized spacial score (nSPS) is 13.4. The van der Waals surface area contributed by atoms with Crippen molar-refractivity contribution in [1.82, 2.24) is 4.90 Å². The number of anilines is 2. The Morgan fingerprint density at radius 3 is 1.97 bits per heavy atom. The average Bonchev–Trinajstić information content (AvgIpc) is 2.92. The van der Waals surface area contributed by atoms with E-state index in [1.54, 1.807) is 43.5 Å². The SMILES string of the molecule is COc1ccc(C(=O)N2CCN(c3ccc(NC(=O)c4ccc(OCC(C)C)cc4)cc3)CC2)cc1. The third-order valence-corrected chi connectivity index (χ3v) is 6.09. The van der Waals surface area contributed by atoms with E-state index in [0.717, 1.165) is 36.0 Å². The molecule has 0 spiro atoms. The topological polar surface area (TPSA) is 71.1 Å². The van der Waals surface area contributed by atoms with Gasteiger partial charge in [0, 0.05) is 48.7 Å². The number of nitrogens with zero attached hydrogens (tertiary/aromatic N) is 2. The number of amides is 2. The molecule has 7 heteroatoms. The Morgan fingerprint density at radius 1 is 0.806 bits per heavy atom. The van der Waals surface area contributed by atoms with E-state index in [2.05, 4.69) is 24.1 Å². The molecular formula is C29H33N3O4. The molecule has 3 aromatic rings. The Morgan fingerprint density at radius 2 is 1.39 bits per heavy atom. The van der Waals surface area contributed by atoms with Crippen LogP contribution in [0.4, 0.5) is 11.4 Å². The summed E-state index contributed by atoms with van der Waals surface area (Å²) in [6.45, 7) is 7.64. The van der Waals surface area contributed by atoms with E-state index in [9.17, 15) is 9.59 Å². The van der Waals surface area contributed by atoms with Crippen LogP contribution < -0.4 is 19.7 Å². The zero-order valence-corrected chi connectivity index (χ0v) is 21.1. The highest BCUT2D eigenvalue weighted by Gasteiger charge is 2.22. The summed E-state index contributed by atoms with van der Waals surface area (Å²) in [6, 6.07) is 22.2. The van der Waals surface area contributed by atoms with Gasteiger partial charge < -0.3 is 24.6 Å². The first-order chi connectivity index (χ1) is 17.4. The minimum absolute atomic E-state index is 0.0369. The molecule has 0 unspecified atom stereocenters. The molecular weight excluding hydrogens is 454 g/mol. The highest BCUT2D eigenvalue weighted by molar-refractivity contribution is 6.04. The van der Waals surface area contributed by atoms with Crippen LogP contribution in [0.25, 0.3) is 0 Å². The lowest BCUT2D eigenvalue weighted by Gasteiger charge is -2.36. The highest BCUT2D eigenvalue weighted by Crippen LogP contribution is 2.22. The van der Waals surface area contributed by atoms with Gasteiger partial charge in [0.05, 0.1) is 13.7 Å². The molecule has 1 N–H and O–H groups in total. The van der Waals surface area contributed by atoms with Crippen LogP contribution in [-0.2, 0) is 0 Å². The van der Waals surface area contributed by atoms with Crippen molar-refractivity contribution >= 4 is 23.2 Å². The van der Waals surface area contributed by atoms with Crippen LogP contribution in [0.15, 0.2) is 72.8 Å². The van der Waals surface area contributed by atoms with Gasteiger partial charge in [-0.3, -0.25) is 9.59 Å². The summed E-state index contributed by atoms with van der Waals surface area (Å²) < 4.78 is 10.8. The van der Waals surface area contributed by atoms with Gasteiger partial charge in [-0.15, -0.1) is 0 Å². The Bertz CT molecular complexity index is 1150. The van der Waals surface area contributed by atoms with E-state index >= 15 is 0 Å². The second-order valence-electron chi connectivity index (χ2n) is 9.24. The summed E-state index contributed by atoms with van der Waals surface area (Å²) in [5, 5.41) is 2.95. The zero-order valence-electron chi connectivity index (χ0n) is 21.1. The third kappa shape index (κ3) is 6.36. The Kier molecular flexibility index (Phi) is 8.10. The largest absolute Gasteiger partial charge is 0.497 e. The maximum absolute atomic E-state index is 12.8. The van der Waals surface area contributed by atoms with Gasteiger partial charge in [-0.25, -0.2) is 0 Å². The average molecular weight is 488 g/mol. The van der Waals surface area contributed by atoms with Gasteiger partial charge in [-0.2, -0.15) is 0 Å². The number of nitrogens with one attached hydrogen (secondary N) is 1. The van der Waals surface area contributed by atoms with Gasteiger partial charge in [-0.05, 0) is 78.7 Å². The molecule has 36 heavy (non-hydrogen) atoms. The smallest absolute Gasteiger partial charge is 0.255 e. The minimum Gasteiger partial charge on any atom is -0.497 e. The molecule has 0 radical (unpaired) electrons. The van der Waals surface area contributed by atoms with Crippen molar-refractivity contribution in [2.75, 3.05) is 50.1 Å². The molecule has 0 saturated carbocycles. The molecule has 3 aromatic carbocycles. The molecule has 0 aliphatic carbocycles. The number of methoxy groups -OCH3 is 1. The summed E-state index contributed by atoms with van der Waals surface area (Å²) in [6.07, 6.45) is 0. The van der Waals surface area contributed by atoms with Crippen molar-refractivity contribution in [3.8, 4) is 11.5 Å². The van der Waals surface area contributed by atoms with Gasteiger partial charge in [-0.1, -0.05) is 13.8 Å². The number of benzene rings is 3. The van der Waals surface area contributed by atoms with Crippen molar-refractivity contribution in [1.29, 1.82) is 0 Å². The number of hydrogen-bond donors (Lipinski definition) is 1. The molecule has 188 valence electrons. The first kappa shape index (κ1) is 25.1. The molecule has 7 nitrogen and oxygen atoms in total. The number of hydrogen-bond acceptors (Lipinski definition) is 5. The second kappa shape index (κ2) is 11.6. The van der Waals surface area contributed by atoms with Crippen LogP contribution in [0, 0.1) is 5.92 Å². The maximum atomic E-state index is 12.8. The number of piperazine rings is 1. The van der Waals surface area contributed by atoms with Gasteiger partial charge >= 0.3 is 0 Å². The lowest BCUT2D eigenvalue weighted by Crippen LogP contribution is -2.48. The predicted octanol–water partition coefficient (Wildman–Crippen LogP) is 4.94. The van der Waals surface area contributed by atoms with Gasteiger partial charge in [0.15, 0.2) is 0 Å². The van der Waals surface area contributed by atoms with E-state index in [-0.39, 0.29) is 11.8 Å². The summed E-state index contributed by atoms with van der Waals surface area (Å²) in [7, 11) is 1.61. The van der Waals surface area contributed by atoms with Gasteiger partial charge in [0.2, 0.25) is 0 Å². The van der Waals surface area contributed by atoms with Crippen LogP contribution in [0.1, 0.15) is 34.6 Å². The first-order valence-corrected chi connectivity index (χ1v) is 12.3. The fraction of sp³-hybridized carbons (Fsp3) is 0.310. The van der Waals surface area contributed by atoms with Gasteiger partial charge in [0.1, 0.15) is 11.5 Å². The summed E-state index contributed by atoms with van der Waals surface area (Å²) in [4.78, 5) is 29.6. The monoisotopic (exact) mass is 487 g/mol. The summed E-state index contributed by atoms with van der Waals surface area (Å²) >= 11 is 0. The second-order valence-corrected chi connectivity index (χ2v) is 9.24. The molecule has 0 bridgehead atoms. The Labute approximate surface area is 212 Å². The number of rotatable bonds is 8. The molecule has 2 amide bonds. The molecule has 1 aliphatic heterocycles. The molecule has 4 rings (SSSR count). The molecule has 0 aromatic heterocycles. The van der Waals surface area contributed by atoms with Crippen LogP contribution in [0.2, 0.25) is 0 Å². The number of carbonyl (C=O) groups is 2. The molecule has 1 fully saturated rings. The van der Waals surface area contributed by atoms with E-state index in [1.807, 2.05) is 41.3 Å². The van der Waals surface area contributed by atoms with E-state index < -0.39 is 0 Å². The Balaban J connectivity index is 1.28. The summed E-state index contributed by atoms with van der Waals surface area (Å²) in [5.41, 5.74) is 3.05. The quantitative estimate of drug-likeness (QED) is 0.487. The highest BCUT2D eigenvalue weighted by atomic mass is 16.5. The van der Waals surface area contributed by atoms with Crippen molar-refractivity contribution in [3.05, 3.63) is 83.9 Å². The number of ether oxygens (including phenoxy) is 2. The fourth-order valence-electron chi connectivity index (χ4n) is 4.01. The van der Waals surface area contributed by atoms with E-state index in [0.29, 0.717) is 36.7 Å². The maximum Gasteiger partial charge on any atom is 0.255 e. The van der Waals surface area contributed by atoms with E-state index in [1.165, 1.54) is 0 Å². The van der Waals surface area contributed by atoms with Gasteiger partial charge in [0.25, 0.3) is 11.8 Å². The molecule has 1 aliphatic rings. The first-order valence-electron chi connectivity index (χ1n) is 12.3. The van der Waals surface area contributed by atoms with Crippen molar-refractivity contribution < 1.29 is 19.1 Å². The van der Waals surface area contributed by atoms with E-state index in [4.69, 9.17) is 9.47 Å². The predicted molar refractivity (Wildman–Crippen MR) is 142 cm³/mol. The summed E-state index contributed by atoms with van der Waals surface area (Å²) in [5.74, 6) is 1.82. The number of carbonyl (C=O) groups excluding carboxylic acids is 2. The minimum atomic E-state index is -0.163. The third-order valence-electron chi connectivity index (χ3n) is 6.09. The van der Waals surface area contributed by atoms with Crippen molar-refractivity contribution in [3.63, 3.8) is 0 Å². The lowest BCUT2D eigenvalue weighted by atomic mass is 10.1. The zero-order chi connectivity index (χ0) is 25.5. The standard InChI is InChI=1S/C29H33N3O4/c1-21(2)20-36-27-14-4-22(5-15-27)28(33)30-24-8-10-25(11-9-24)31-16-18-32(19-17-31)29(34)23-6-12-26(35-3)13-7-23/h4-15,21H,16-20H2,1-3H3,(H,30,33). The van der Waals surface area contributed by atoms with Crippen LogP contribution >= 0.6 is 0 Å².